The molecule has 0 heterocycles. The Kier molecular flexibility index (Phi) is 7.28. The van der Waals surface area contributed by atoms with E-state index in [1.807, 2.05) is 18.0 Å². The van der Waals surface area contributed by atoms with Crippen LogP contribution in [0.15, 0.2) is 24.3 Å². The van der Waals surface area contributed by atoms with E-state index in [9.17, 15) is 12.8 Å². The summed E-state index contributed by atoms with van der Waals surface area (Å²) in [6, 6.07) is 6.56. The van der Waals surface area contributed by atoms with Gasteiger partial charge in [-0.05, 0) is 26.1 Å². The molecule has 0 radical (unpaired) electrons. The van der Waals surface area contributed by atoms with Gasteiger partial charge in [0.25, 0.3) is 0 Å². The maximum Gasteiger partial charge on any atom is 0.148 e. The average molecular weight is 316 g/mol. The highest BCUT2D eigenvalue weighted by atomic mass is 32.2. The van der Waals surface area contributed by atoms with E-state index >= 15 is 0 Å². The summed E-state index contributed by atoms with van der Waals surface area (Å²) < 4.78 is 36.4. The number of sulfone groups is 1. The minimum atomic E-state index is -2.98. The first-order chi connectivity index (χ1) is 9.83. The molecule has 120 valence electrons. The third-order valence-electron chi connectivity index (χ3n) is 3.26. The summed E-state index contributed by atoms with van der Waals surface area (Å²) in [5, 5.41) is 3.32. The molecule has 0 aliphatic rings. The summed E-state index contributed by atoms with van der Waals surface area (Å²) in [5.74, 6) is -0.121. The fourth-order valence-electron chi connectivity index (χ4n) is 2.07. The van der Waals surface area contributed by atoms with Crippen molar-refractivity contribution in [3.05, 3.63) is 35.6 Å². The first kappa shape index (κ1) is 18.1. The highest BCUT2D eigenvalue weighted by molar-refractivity contribution is 7.90. The SMILES string of the molecule is CCCNC(CN(C)CCS(C)(=O)=O)c1ccccc1F. The first-order valence-corrected chi connectivity index (χ1v) is 9.23. The van der Waals surface area contributed by atoms with Crippen LogP contribution in [0, 0.1) is 5.82 Å². The molecule has 1 atom stereocenters. The van der Waals surface area contributed by atoms with Crippen LogP contribution in [0.4, 0.5) is 4.39 Å². The molecule has 1 aromatic rings. The van der Waals surface area contributed by atoms with Gasteiger partial charge >= 0.3 is 0 Å². The molecule has 0 saturated carbocycles. The molecule has 1 unspecified atom stereocenters. The fourth-order valence-corrected chi connectivity index (χ4v) is 2.72. The zero-order chi connectivity index (χ0) is 15.9. The minimum Gasteiger partial charge on any atom is -0.309 e. The van der Waals surface area contributed by atoms with Gasteiger partial charge in [-0.15, -0.1) is 0 Å². The second-order valence-corrected chi connectivity index (χ2v) is 7.68. The number of nitrogens with zero attached hydrogens (tertiary/aromatic N) is 1. The van der Waals surface area contributed by atoms with E-state index in [2.05, 4.69) is 12.2 Å². The summed E-state index contributed by atoms with van der Waals surface area (Å²) in [7, 11) is -1.13. The van der Waals surface area contributed by atoms with E-state index in [0.29, 0.717) is 18.7 Å². The van der Waals surface area contributed by atoms with Crippen molar-refractivity contribution in [3.8, 4) is 0 Å². The number of rotatable bonds is 9. The molecular formula is C15H25FN2O2S. The lowest BCUT2D eigenvalue weighted by atomic mass is 10.1. The van der Waals surface area contributed by atoms with E-state index in [1.165, 1.54) is 12.3 Å². The second kappa shape index (κ2) is 8.46. The summed E-state index contributed by atoms with van der Waals surface area (Å²) in [6.45, 7) is 3.85. The number of benzene rings is 1. The van der Waals surface area contributed by atoms with Gasteiger partial charge in [-0.25, -0.2) is 12.8 Å². The van der Waals surface area contributed by atoms with Crippen LogP contribution in [0.1, 0.15) is 24.9 Å². The predicted molar refractivity (Wildman–Crippen MR) is 84.6 cm³/mol. The van der Waals surface area contributed by atoms with Crippen LogP contribution in [-0.4, -0.2) is 52.0 Å². The normalized spacial score (nSPS) is 13.6. The summed E-state index contributed by atoms with van der Waals surface area (Å²) in [4.78, 5) is 1.92. The molecule has 0 aliphatic carbocycles. The molecule has 6 heteroatoms. The smallest absolute Gasteiger partial charge is 0.148 e. The van der Waals surface area contributed by atoms with E-state index < -0.39 is 9.84 Å². The van der Waals surface area contributed by atoms with Crippen molar-refractivity contribution in [2.45, 2.75) is 19.4 Å². The third kappa shape index (κ3) is 7.02. The molecule has 4 nitrogen and oxygen atoms in total. The Morgan fingerprint density at radius 3 is 2.57 bits per heavy atom. The van der Waals surface area contributed by atoms with Gasteiger partial charge in [0.2, 0.25) is 0 Å². The summed E-state index contributed by atoms with van der Waals surface area (Å²) >= 11 is 0. The van der Waals surface area contributed by atoms with E-state index in [-0.39, 0.29) is 17.6 Å². The Bertz CT molecular complexity index is 534. The molecule has 0 aliphatic heterocycles. The molecule has 0 aromatic heterocycles. The van der Waals surface area contributed by atoms with Gasteiger partial charge in [-0.1, -0.05) is 25.1 Å². The van der Waals surface area contributed by atoms with Crippen molar-refractivity contribution >= 4 is 9.84 Å². The van der Waals surface area contributed by atoms with Gasteiger partial charge in [0, 0.05) is 31.0 Å². The van der Waals surface area contributed by atoms with Gasteiger partial charge in [0.1, 0.15) is 15.7 Å². The third-order valence-corrected chi connectivity index (χ3v) is 4.18. The highest BCUT2D eigenvalue weighted by Gasteiger charge is 2.17. The quantitative estimate of drug-likeness (QED) is 0.755. The van der Waals surface area contributed by atoms with Crippen molar-refractivity contribution in [2.75, 3.05) is 38.7 Å². The van der Waals surface area contributed by atoms with Crippen LogP contribution < -0.4 is 5.32 Å². The monoisotopic (exact) mass is 316 g/mol. The van der Waals surface area contributed by atoms with Gasteiger partial charge in [-0.3, -0.25) is 0 Å². The van der Waals surface area contributed by atoms with Crippen molar-refractivity contribution in [2.24, 2.45) is 0 Å². The van der Waals surface area contributed by atoms with Crippen LogP contribution in [0.5, 0.6) is 0 Å². The van der Waals surface area contributed by atoms with E-state index in [1.54, 1.807) is 12.1 Å². The number of likely N-dealkylation sites (N-methyl/N-ethyl adjacent to an activating group) is 1. The average Bonchev–Trinajstić information content (AvgIpc) is 2.41. The summed E-state index contributed by atoms with van der Waals surface area (Å²) in [6.07, 6.45) is 2.18. The Morgan fingerprint density at radius 2 is 2.00 bits per heavy atom. The van der Waals surface area contributed by atoms with Crippen molar-refractivity contribution in [1.82, 2.24) is 10.2 Å². The lowest BCUT2D eigenvalue weighted by molar-refractivity contribution is 0.300. The Hall–Kier alpha value is -0.980. The molecule has 0 fully saturated rings. The van der Waals surface area contributed by atoms with Crippen molar-refractivity contribution in [3.63, 3.8) is 0 Å². The molecule has 1 N–H and O–H groups in total. The number of nitrogens with one attached hydrogen (secondary N) is 1. The van der Waals surface area contributed by atoms with Gasteiger partial charge < -0.3 is 10.2 Å². The Balaban J connectivity index is 2.72. The van der Waals surface area contributed by atoms with E-state index in [0.717, 1.165) is 13.0 Å². The van der Waals surface area contributed by atoms with Crippen LogP contribution in [-0.2, 0) is 9.84 Å². The van der Waals surface area contributed by atoms with Crippen molar-refractivity contribution in [1.29, 1.82) is 0 Å². The zero-order valence-electron chi connectivity index (χ0n) is 13.0. The highest BCUT2D eigenvalue weighted by Crippen LogP contribution is 2.17. The van der Waals surface area contributed by atoms with E-state index in [4.69, 9.17) is 0 Å². The zero-order valence-corrected chi connectivity index (χ0v) is 13.8. The van der Waals surface area contributed by atoms with Crippen LogP contribution >= 0.6 is 0 Å². The lowest BCUT2D eigenvalue weighted by Gasteiger charge is -2.25. The Morgan fingerprint density at radius 1 is 1.33 bits per heavy atom. The maximum atomic E-state index is 13.9. The standard InChI is InChI=1S/C15H25FN2O2S/c1-4-9-17-15(13-7-5-6-8-14(13)16)12-18(2)10-11-21(3,19)20/h5-8,15,17H,4,9-12H2,1-3H3. The van der Waals surface area contributed by atoms with Gasteiger partial charge in [0.05, 0.1) is 5.75 Å². The molecule has 0 saturated heterocycles. The molecule has 21 heavy (non-hydrogen) atoms. The number of hydrogen-bond donors (Lipinski definition) is 1. The molecule has 1 rings (SSSR count). The molecule has 0 bridgehead atoms. The maximum absolute atomic E-state index is 13.9. The molecule has 0 amide bonds. The lowest BCUT2D eigenvalue weighted by Crippen LogP contribution is -2.36. The topological polar surface area (TPSA) is 49.4 Å². The number of halogens is 1. The molecule has 0 spiro atoms. The molecule has 1 aromatic carbocycles. The van der Waals surface area contributed by atoms with Crippen LogP contribution in [0.3, 0.4) is 0 Å². The summed E-state index contributed by atoms with van der Waals surface area (Å²) in [5.41, 5.74) is 0.622. The predicted octanol–water partition coefficient (Wildman–Crippen LogP) is 1.84. The fraction of sp³-hybridized carbons (Fsp3) is 0.600. The number of hydrogen-bond acceptors (Lipinski definition) is 4. The Labute approximate surface area is 127 Å². The van der Waals surface area contributed by atoms with Crippen molar-refractivity contribution < 1.29 is 12.8 Å². The second-order valence-electron chi connectivity index (χ2n) is 5.42. The van der Waals surface area contributed by atoms with Crippen LogP contribution in [0.25, 0.3) is 0 Å². The van der Waals surface area contributed by atoms with Crippen LogP contribution in [0.2, 0.25) is 0 Å². The first-order valence-electron chi connectivity index (χ1n) is 7.17. The van der Waals surface area contributed by atoms with Gasteiger partial charge in [-0.2, -0.15) is 0 Å². The molecular weight excluding hydrogens is 291 g/mol. The van der Waals surface area contributed by atoms with Gasteiger partial charge in [0.15, 0.2) is 0 Å². The minimum absolute atomic E-state index is 0.112. The largest absolute Gasteiger partial charge is 0.309 e.